The van der Waals surface area contributed by atoms with Crippen molar-refractivity contribution < 1.29 is 9.26 Å². The van der Waals surface area contributed by atoms with E-state index in [1.165, 1.54) is 16.4 Å². The summed E-state index contributed by atoms with van der Waals surface area (Å²) in [5.74, 6) is 8.67. The lowest BCUT2D eigenvalue weighted by Crippen LogP contribution is -2.12. The first-order valence-corrected chi connectivity index (χ1v) is 8.85. The van der Waals surface area contributed by atoms with Crippen LogP contribution in [0, 0.1) is 0 Å². The fourth-order valence-electron chi connectivity index (χ4n) is 2.34. The molecule has 0 aliphatic carbocycles. The van der Waals surface area contributed by atoms with E-state index in [4.69, 9.17) is 15.1 Å². The topological polar surface area (TPSA) is 105 Å². The number of benzene rings is 1. The Morgan fingerprint density at radius 3 is 2.88 bits per heavy atom. The Labute approximate surface area is 149 Å². The van der Waals surface area contributed by atoms with Crippen molar-refractivity contribution in [1.82, 2.24) is 25.0 Å². The fraction of sp³-hybridized carbons (Fsp3) is 0.375. The summed E-state index contributed by atoms with van der Waals surface area (Å²) in [6.07, 6.45) is 1.77. The van der Waals surface area contributed by atoms with E-state index in [-0.39, 0.29) is 5.25 Å². The largest absolute Gasteiger partial charge is 0.496 e. The minimum Gasteiger partial charge on any atom is -0.496 e. The van der Waals surface area contributed by atoms with Gasteiger partial charge in [0.25, 0.3) is 0 Å². The number of nitrogens with zero attached hydrogens (tertiary/aromatic N) is 5. The van der Waals surface area contributed by atoms with Crippen molar-refractivity contribution in [3.05, 3.63) is 36.0 Å². The van der Waals surface area contributed by atoms with Gasteiger partial charge in [-0.15, -0.1) is 10.2 Å². The van der Waals surface area contributed by atoms with E-state index < -0.39 is 0 Å². The van der Waals surface area contributed by atoms with Crippen molar-refractivity contribution in [1.29, 1.82) is 0 Å². The molecular formula is C16H20N6O2S. The van der Waals surface area contributed by atoms with Crippen molar-refractivity contribution in [2.75, 3.05) is 13.0 Å². The van der Waals surface area contributed by atoms with Gasteiger partial charge in [0.15, 0.2) is 11.6 Å². The Hall–Kier alpha value is -2.55. The Bertz CT molecular complexity index is 847. The maximum atomic E-state index is 6.19. The van der Waals surface area contributed by atoms with E-state index in [1.54, 1.807) is 7.11 Å². The minimum absolute atomic E-state index is 0.0878. The van der Waals surface area contributed by atoms with Crippen LogP contribution in [0.1, 0.15) is 37.2 Å². The number of ether oxygens (including phenoxy) is 1. The molecule has 0 saturated carbocycles. The Morgan fingerprint density at radius 1 is 1.32 bits per heavy atom. The average Bonchev–Trinajstić information content (AvgIpc) is 3.23. The molecule has 0 fully saturated rings. The Morgan fingerprint density at radius 2 is 2.12 bits per heavy atom. The van der Waals surface area contributed by atoms with Gasteiger partial charge in [0.2, 0.25) is 11.0 Å². The minimum atomic E-state index is -0.0878. The second kappa shape index (κ2) is 7.56. The van der Waals surface area contributed by atoms with Gasteiger partial charge in [-0.2, -0.15) is 4.98 Å². The number of rotatable bonds is 7. The van der Waals surface area contributed by atoms with Crippen LogP contribution in [-0.2, 0) is 6.42 Å². The number of methoxy groups -OCH3 is 1. The molecule has 0 aliphatic rings. The lowest BCUT2D eigenvalue weighted by atomic mass is 10.2. The molecule has 0 radical (unpaired) electrons. The molecule has 1 unspecified atom stereocenters. The molecule has 2 aromatic heterocycles. The number of nitrogens with two attached hydrogens (primary N) is 1. The molecule has 3 aromatic rings. The molecule has 0 bridgehead atoms. The first-order chi connectivity index (χ1) is 12.1. The quantitative estimate of drug-likeness (QED) is 0.506. The zero-order valence-electron chi connectivity index (χ0n) is 14.3. The normalized spacial score (nSPS) is 12.3. The maximum Gasteiger partial charge on any atom is 0.239 e. The van der Waals surface area contributed by atoms with Crippen molar-refractivity contribution >= 4 is 11.8 Å². The van der Waals surface area contributed by atoms with Crippen molar-refractivity contribution in [2.24, 2.45) is 0 Å². The molecule has 1 aromatic carbocycles. The summed E-state index contributed by atoms with van der Waals surface area (Å²) in [7, 11) is 1.61. The van der Waals surface area contributed by atoms with Crippen LogP contribution in [0.25, 0.3) is 11.4 Å². The molecule has 132 valence electrons. The monoisotopic (exact) mass is 360 g/mol. The fourth-order valence-corrected chi connectivity index (χ4v) is 3.14. The van der Waals surface area contributed by atoms with Crippen LogP contribution in [0.4, 0.5) is 0 Å². The van der Waals surface area contributed by atoms with Crippen LogP contribution in [0.3, 0.4) is 0 Å². The van der Waals surface area contributed by atoms with Gasteiger partial charge in [-0.1, -0.05) is 36.0 Å². The molecule has 1 atom stereocenters. The third kappa shape index (κ3) is 3.60. The highest BCUT2D eigenvalue weighted by Crippen LogP contribution is 2.35. The van der Waals surface area contributed by atoms with E-state index in [9.17, 15) is 0 Å². The van der Waals surface area contributed by atoms with Crippen LogP contribution >= 0.6 is 11.8 Å². The van der Waals surface area contributed by atoms with Gasteiger partial charge >= 0.3 is 0 Å². The first-order valence-electron chi connectivity index (χ1n) is 7.97. The van der Waals surface area contributed by atoms with Gasteiger partial charge in [-0.05, 0) is 25.5 Å². The number of aromatic nitrogens is 5. The second-order valence-corrected chi connectivity index (χ2v) is 6.74. The van der Waals surface area contributed by atoms with Crippen molar-refractivity contribution in [3.8, 4) is 17.1 Å². The molecule has 9 heteroatoms. The summed E-state index contributed by atoms with van der Waals surface area (Å²) < 4.78 is 12.1. The van der Waals surface area contributed by atoms with Gasteiger partial charge < -0.3 is 15.1 Å². The summed E-state index contributed by atoms with van der Waals surface area (Å²) in [5.41, 5.74) is 0.780. The molecule has 25 heavy (non-hydrogen) atoms. The van der Waals surface area contributed by atoms with Crippen LogP contribution in [0.5, 0.6) is 5.75 Å². The molecule has 2 N–H and O–H groups in total. The number of hydrogen-bond acceptors (Lipinski definition) is 8. The van der Waals surface area contributed by atoms with E-state index >= 15 is 0 Å². The van der Waals surface area contributed by atoms with Gasteiger partial charge in [0.1, 0.15) is 5.75 Å². The molecular weight excluding hydrogens is 340 g/mol. The number of nitrogen functional groups attached to an aromatic ring is 1. The third-order valence-corrected chi connectivity index (χ3v) is 4.64. The first kappa shape index (κ1) is 17.3. The van der Waals surface area contributed by atoms with Crippen molar-refractivity contribution in [3.63, 3.8) is 0 Å². The van der Waals surface area contributed by atoms with Crippen LogP contribution in [0.15, 0.2) is 33.9 Å². The van der Waals surface area contributed by atoms with Gasteiger partial charge in [0, 0.05) is 6.42 Å². The van der Waals surface area contributed by atoms with Crippen LogP contribution in [0.2, 0.25) is 0 Å². The molecule has 0 spiro atoms. The molecule has 0 amide bonds. The van der Waals surface area contributed by atoms with E-state index in [0.29, 0.717) is 28.4 Å². The van der Waals surface area contributed by atoms with E-state index in [0.717, 1.165) is 18.4 Å². The van der Waals surface area contributed by atoms with Gasteiger partial charge in [-0.3, -0.25) is 0 Å². The summed E-state index contributed by atoms with van der Waals surface area (Å²) in [5, 5.41) is 12.8. The van der Waals surface area contributed by atoms with Crippen molar-refractivity contribution in [2.45, 2.75) is 37.1 Å². The predicted molar refractivity (Wildman–Crippen MR) is 94.7 cm³/mol. The lowest BCUT2D eigenvalue weighted by molar-refractivity contribution is 0.374. The smallest absolute Gasteiger partial charge is 0.239 e. The summed E-state index contributed by atoms with van der Waals surface area (Å²) in [4.78, 5) is 4.40. The number of hydrogen-bond donors (Lipinski definition) is 1. The summed E-state index contributed by atoms with van der Waals surface area (Å²) in [6, 6.07) is 7.53. The zero-order valence-corrected chi connectivity index (χ0v) is 15.2. The number of thioether (sulfide) groups is 1. The highest BCUT2D eigenvalue weighted by molar-refractivity contribution is 7.99. The number of aryl methyl sites for hydroxylation is 1. The molecule has 3 rings (SSSR count). The van der Waals surface area contributed by atoms with Crippen LogP contribution in [-0.4, -0.2) is 32.1 Å². The number of para-hydroxylation sites is 1. The zero-order chi connectivity index (χ0) is 17.8. The molecule has 8 nitrogen and oxygen atoms in total. The van der Waals surface area contributed by atoms with E-state index in [1.807, 2.05) is 31.2 Å². The standard InChI is InChI=1S/C16H20N6O2S/c1-4-7-13-18-15(24-21-13)10(2)25-16-20-19-14(22(16)17)11-8-5-6-9-12(11)23-3/h5-6,8-10H,4,7,17H2,1-3H3. The maximum absolute atomic E-state index is 6.19. The summed E-state index contributed by atoms with van der Waals surface area (Å²) in [6.45, 7) is 4.04. The SMILES string of the molecule is CCCc1noc(C(C)Sc2nnc(-c3ccccc3OC)n2N)n1. The van der Waals surface area contributed by atoms with Gasteiger partial charge in [0.05, 0.1) is 17.9 Å². The second-order valence-electron chi connectivity index (χ2n) is 5.44. The Balaban J connectivity index is 1.81. The molecule has 0 aliphatic heterocycles. The average molecular weight is 360 g/mol. The van der Waals surface area contributed by atoms with Gasteiger partial charge in [-0.25, -0.2) is 4.68 Å². The molecule has 0 saturated heterocycles. The Kier molecular flexibility index (Phi) is 5.22. The summed E-state index contributed by atoms with van der Waals surface area (Å²) >= 11 is 1.41. The van der Waals surface area contributed by atoms with E-state index in [2.05, 4.69) is 27.3 Å². The van der Waals surface area contributed by atoms with Crippen LogP contribution < -0.4 is 10.6 Å². The highest BCUT2D eigenvalue weighted by Gasteiger charge is 2.21. The predicted octanol–water partition coefficient (Wildman–Crippen LogP) is 2.86. The lowest BCUT2D eigenvalue weighted by Gasteiger charge is -2.09. The third-order valence-electron chi connectivity index (χ3n) is 3.60. The molecule has 2 heterocycles. The highest BCUT2D eigenvalue weighted by atomic mass is 32.2.